The van der Waals surface area contributed by atoms with Crippen molar-refractivity contribution in [2.75, 3.05) is 7.11 Å². The molecule has 28 heavy (non-hydrogen) atoms. The fourth-order valence-electron chi connectivity index (χ4n) is 2.86. The van der Waals surface area contributed by atoms with Gasteiger partial charge in [-0.15, -0.1) is 0 Å². The lowest BCUT2D eigenvalue weighted by molar-refractivity contribution is 0.0467. The third kappa shape index (κ3) is 4.41. The molecule has 0 bridgehead atoms. The van der Waals surface area contributed by atoms with Crippen molar-refractivity contribution in [1.29, 1.82) is 0 Å². The van der Waals surface area contributed by atoms with Crippen LogP contribution in [-0.2, 0) is 11.3 Å². The molecule has 0 fully saturated rings. The van der Waals surface area contributed by atoms with E-state index in [1.807, 2.05) is 25.1 Å². The molecule has 0 saturated heterocycles. The average Bonchev–Trinajstić information content (AvgIpc) is 2.72. The van der Waals surface area contributed by atoms with Gasteiger partial charge in [0.25, 0.3) is 0 Å². The lowest BCUT2D eigenvalue weighted by atomic mass is 9.98. The van der Waals surface area contributed by atoms with Crippen LogP contribution in [-0.4, -0.2) is 18.9 Å². The van der Waals surface area contributed by atoms with Crippen molar-refractivity contribution in [3.05, 3.63) is 99.6 Å². The summed E-state index contributed by atoms with van der Waals surface area (Å²) in [4.78, 5) is 25.5. The predicted molar refractivity (Wildman–Crippen MR) is 108 cm³/mol. The Kier molecular flexibility index (Phi) is 6.12. The molecule has 142 valence electrons. The minimum Gasteiger partial charge on any atom is -0.496 e. The highest BCUT2D eigenvalue weighted by Gasteiger charge is 2.19. The molecule has 4 nitrogen and oxygen atoms in total. The van der Waals surface area contributed by atoms with Crippen molar-refractivity contribution in [2.24, 2.45) is 0 Å². The Bertz CT molecular complexity index is 1010. The van der Waals surface area contributed by atoms with Crippen LogP contribution in [0.2, 0.25) is 5.02 Å². The smallest absolute Gasteiger partial charge is 0.339 e. The number of ether oxygens (including phenoxy) is 2. The standard InChI is InChI=1S/C23H19ClO4/c1-15-7-12-21(27-2)17(13-15)14-28-23(26)20-6-4-3-5-19(20)22(25)16-8-10-18(24)11-9-16/h3-13H,14H2,1-2H3. The summed E-state index contributed by atoms with van der Waals surface area (Å²) in [6.45, 7) is 2.00. The first kappa shape index (κ1) is 19.6. The number of rotatable bonds is 6. The van der Waals surface area contributed by atoms with E-state index in [1.165, 1.54) is 0 Å². The third-order valence-electron chi connectivity index (χ3n) is 4.29. The second-order valence-corrected chi connectivity index (χ2v) is 6.71. The lowest BCUT2D eigenvalue weighted by Crippen LogP contribution is -2.13. The van der Waals surface area contributed by atoms with Crippen LogP contribution < -0.4 is 4.74 Å². The maximum absolute atomic E-state index is 12.8. The summed E-state index contributed by atoms with van der Waals surface area (Å²) in [5, 5.41) is 0.538. The van der Waals surface area contributed by atoms with E-state index in [-0.39, 0.29) is 23.5 Å². The first-order chi connectivity index (χ1) is 13.5. The summed E-state index contributed by atoms with van der Waals surface area (Å²) < 4.78 is 10.8. The molecule has 3 aromatic rings. The van der Waals surface area contributed by atoms with Gasteiger partial charge in [0.05, 0.1) is 12.7 Å². The van der Waals surface area contributed by atoms with Crippen molar-refractivity contribution in [1.82, 2.24) is 0 Å². The maximum Gasteiger partial charge on any atom is 0.339 e. The van der Waals surface area contributed by atoms with Gasteiger partial charge < -0.3 is 9.47 Å². The van der Waals surface area contributed by atoms with Crippen LogP contribution in [0.15, 0.2) is 66.7 Å². The molecule has 0 saturated carbocycles. The highest BCUT2D eigenvalue weighted by Crippen LogP contribution is 2.22. The zero-order valence-corrected chi connectivity index (χ0v) is 16.3. The van der Waals surface area contributed by atoms with E-state index in [4.69, 9.17) is 21.1 Å². The van der Waals surface area contributed by atoms with Gasteiger partial charge in [-0.1, -0.05) is 41.4 Å². The van der Waals surface area contributed by atoms with Crippen LogP contribution in [0.3, 0.4) is 0 Å². The number of halogens is 1. The van der Waals surface area contributed by atoms with Crippen LogP contribution in [0.1, 0.15) is 37.4 Å². The van der Waals surface area contributed by atoms with E-state index in [0.717, 1.165) is 11.1 Å². The van der Waals surface area contributed by atoms with Crippen molar-refractivity contribution in [3.8, 4) is 5.75 Å². The minimum atomic E-state index is -0.568. The SMILES string of the molecule is COc1ccc(C)cc1COC(=O)c1ccccc1C(=O)c1ccc(Cl)cc1. The molecule has 3 rings (SSSR count). The number of aryl methyl sites for hydroxylation is 1. The minimum absolute atomic E-state index is 0.0488. The molecule has 3 aromatic carbocycles. The quantitative estimate of drug-likeness (QED) is 0.423. The molecule has 0 heterocycles. The monoisotopic (exact) mass is 394 g/mol. The first-order valence-electron chi connectivity index (χ1n) is 8.69. The van der Waals surface area contributed by atoms with Crippen LogP contribution in [0.5, 0.6) is 5.75 Å². The Morgan fingerprint density at radius 1 is 0.929 bits per heavy atom. The highest BCUT2D eigenvalue weighted by atomic mass is 35.5. The first-order valence-corrected chi connectivity index (χ1v) is 9.07. The number of esters is 1. The van der Waals surface area contributed by atoms with Crippen molar-refractivity contribution in [2.45, 2.75) is 13.5 Å². The molecule has 0 amide bonds. The van der Waals surface area contributed by atoms with Crippen molar-refractivity contribution < 1.29 is 19.1 Å². The van der Waals surface area contributed by atoms with Gasteiger partial charge in [-0.3, -0.25) is 4.79 Å². The van der Waals surface area contributed by atoms with E-state index in [2.05, 4.69) is 0 Å². The van der Waals surface area contributed by atoms with Gasteiger partial charge in [0, 0.05) is 21.7 Å². The van der Waals surface area contributed by atoms with Crippen LogP contribution in [0.4, 0.5) is 0 Å². The van der Waals surface area contributed by atoms with Crippen molar-refractivity contribution >= 4 is 23.4 Å². The molecule has 0 aliphatic rings. The topological polar surface area (TPSA) is 52.6 Å². The third-order valence-corrected chi connectivity index (χ3v) is 4.54. The highest BCUT2D eigenvalue weighted by molar-refractivity contribution is 6.30. The number of methoxy groups -OCH3 is 1. The number of hydrogen-bond donors (Lipinski definition) is 0. The molecule has 0 spiro atoms. The molecule has 5 heteroatoms. The molecule has 0 N–H and O–H groups in total. The van der Waals surface area contributed by atoms with Gasteiger partial charge in [0.15, 0.2) is 5.78 Å². The number of carbonyl (C=O) groups is 2. The van der Waals surface area contributed by atoms with Gasteiger partial charge in [-0.2, -0.15) is 0 Å². The molecule has 0 aromatic heterocycles. The van der Waals surface area contributed by atoms with E-state index in [1.54, 1.807) is 55.6 Å². The Labute approximate surface area is 168 Å². The number of carbonyl (C=O) groups excluding carboxylic acids is 2. The maximum atomic E-state index is 12.8. The van der Waals surface area contributed by atoms with E-state index >= 15 is 0 Å². The molecule has 0 aliphatic carbocycles. The van der Waals surface area contributed by atoms with E-state index in [9.17, 15) is 9.59 Å². The Hall–Kier alpha value is -3.11. The summed E-state index contributed by atoms with van der Waals surface area (Å²) in [5.41, 5.74) is 2.74. The average molecular weight is 395 g/mol. The number of benzene rings is 3. The Morgan fingerprint density at radius 3 is 2.29 bits per heavy atom. The van der Waals surface area contributed by atoms with Gasteiger partial charge in [-0.25, -0.2) is 4.79 Å². The summed E-state index contributed by atoms with van der Waals surface area (Å²) >= 11 is 5.88. The van der Waals surface area contributed by atoms with Crippen LogP contribution in [0.25, 0.3) is 0 Å². The lowest BCUT2D eigenvalue weighted by Gasteiger charge is -2.12. The number of hydrogen-bond acceptors (Lipinski definition) is 4. The van der Waals surface area contributed by atoms with Gasteiger partial charge >= 0.3 is 5.97 Å². The Morgan fingerprint density at radius 2 is 1.61 bits per heavy atom. The van der Waals surface area contributed by atoms with Crippen molar-refractivity contribution in [3.63, 3.8) is 0 Å². The molecule has 0 aliphatic heterocycles. The number of ketones is 1. The summed E-state index contributed by atoms with van der Waals surface area (Å²) in [6.07, 6.45) is 0. The zero-order chi connectivity index (χ0) is 20.1. The molecular formula is C23H19ClO4. The van der Waals surface area contributed by atoms with E-state index in [0.29, 0.717) is 16.3 Å². The largest absolute Gasteiger partial charge is 0.496 e. The summed E-state index contributed by atoms with van der Waals surface area (Å²) in [7, 11) is 1.57. The van der Waals surface area contributed by atoms with Gasteiger partial charge in [0.2, 0.25) is 0 Å². The molecular weight excluding hydrogens is 376 g/mol. The van der Waals surface area contributed by atoms with E-state index < -0.39 is 5.97 Å². The summed E-state index contributed by atoms with van der Waals surface area (Å²) in [6, 6.07) is 18.8. The van der Waals surface area contributed by atoms with Gasteiger partial charge in [-0.05, 0) is 49.4 Å². The molecule has 0 radical (unpaired) electrons. The normalized spacial score (nSPS) is 10.4. The van der Waals surface area contributed by atoms with Crippen LogP contribution >= 0.6 is 11.6 Å². The second-order valence-electron chi connectivity index (χ2n) is 6.27. The molecule has 0 atom stereocenters. The fourth-order valence-corrected chi connectivity index (χ4v) is 2.98. The molecule has 0 unspecified atom stereocenters. The second kappa shape index (κ2) is 8.72. The fraction of sp³-hybridized carbons (Fsp3) is 0.130. The Balaban J connectivity index is 1.82. The summed E-state index contributed by atoms with van der Waals surface area (Å²) in [5.74, 6) is -0.192. The van der Waals surface area contributed by atoms with Crippen LogP contribution in [0, 0.1) is 6.92 Å². The zero-order valence-electron chi connectivity index (χ0n) is 15.6. The predicted octanol–water partition coefficient (Wildman–Crippen LogP) is 5.25. The van der Waals surface area contributed by atoms with Gasteiger partial charge in [0.1, 0.15) is 12.4 Å².